The van der Waals surface area contributed by atoms with Crippen molar-refractivity contribution in [1.29, 1.82) is 0 Å². The van der Waals surface area contributed by atoms with Gasteiger partial charge in [-0.25, -0.2) is 4.98 Å². The molecule has 0 saturated heterocycles. The summed E-state index contributed by atoms with van der Waals surface area (Å²) in [5, 5.41) is 11.2. The van der Waals surface area contributed by atoms with E-state index in [9.17, 15) is 5.11 Å². The van der Waals surface area contributed by atoms with Gasteiger partial charge in [0.15, 0.2) is 0 Å². The van der Waals surface area contributed by atoms with E-state index in [1.807, 2.05) is 39.2 Å². The van der Waals surface area contributed by atoms with Crippen molar-refractivity contribution in [2.45, 2.75) is 64.7 Å². The third-order valence-electron chi connectivity index (χ3n) is 3.53. The van der Waals surface area contributed by atoms with Crippen LogP contribution in [0.3, 0.4) is 0 Å². The highest BCUT2D eigenvalue weighted by atomic mass is 32.1. The third-order valence-corrected chi connectivity index (χ3v) is 4.67. The van der Waals surface area contributed by atoms with Gasteiger partial charge >= 0.3 is 0 Å². The highest BCUT2D eigenvalue weighted by Crippen LogP contribution is 2.27. The number of hydrogen-bond donors (Lipinski definition) is 1. The Morgan fingerprint density at radius 2 is 2.05 bits per heavy atom. The summed E-state index contributed by atoms with van der Waals surface area (Å²) in [7, 11) is 2.03. The minimum absolute atomic E-state index is 0.200. The summed E-state index contributed by atoms with van der Waals surface area (Å²) in [6.45, 7) is 7.81. The van der Waals surface area contributed by atoms with Crippen molar-refractivity contribution >= 4 is 11.3 Å². The van der Waals surface area contributed by atoms with Gasteiger partial charge in [0, 0.05) is 11.4 Å². The average Bonchev–Trinajstić information content (AvgIpc) is 2.77. The predicted octanol–water partition coefficient (Wildman–Crippen LogP) is 2.63. The molecule has 1 aromatic heterocycles. The maximum atomic E-state index is 10.0. The van der Waals surface area contributed by atoms with Crippen molar-refractivity contribution in [3.8, 4) is 0 Å². The average molecular weight is 312 g/mol. The van der Waals surface area contributed by atoms with Crippen LogP contribution in [-0.4, -0.2) is 46.9 Å². The van der Waals surface area contributed by atoms with Crippen molar-refractivity contribution < 1.29 is 9.84 Å². The van der Waals surface area contributed by atoms with Crippen LogP contribution in [0, 0.1) is 0 Å². The van der Waals surface area contributed by atoms with Crippen LogP contribution in [0.4, 0.5) is 0 Å². The second-order valence-electron chi connectivity index (χ2n) is 6.96. The van der Waals surface area contributed by atoms with Gasteiger partial charge in [0.1, 0.15) is 5.01 Å². The minimum Gasteiger partial charge on any atom is -0.389 e. The Morgan fingerprint density at radius 1 is 1.33 bits per heavy atom. The summed E-state index contributed by atoms with van der Waals surface area (Å²) in [4.78, 5) is 8.35. The molecule has 0 aromatic carbocycles. The molecule has 1 aliphatic carbocycles. The van der Waals surface area contributed by atoms with Gasteiger partial charge < -0.3 is 9.84 Å². The number of likely N-dealkylation sites (N-methyl/N-ethyl adjacent to an activating group) is 1. The Hall–Kier alpha value is -0.490. The number of aliphatic hydroxyl groups is 1. The fourth-order valence-corrected chi connectivity index (χ4v) is 3.76. The van der Waals surface area contributed by atoms with Crippen LogP contribution < -0.4 is 0 Å². The number of nitrogens with zero attached hydrogens (tertiary/aromatic N) is 2. The van der Waals surface area contributed by atoms with E-state index in [0.29, 0.717) is 13.2 Å². The molecule has 1 aliphatic rings. The Kier molecular flexibility index (Phi) is 5.77. The molecule has 2 rings (SSSR count). The first-order valence-electron chi connectivity index (χ1n) is 7.81. The normalized spacial score (nSPS) is 17.0. The molecular formula is C16H28N2O2S. The summed E-state index contributed by atoms with van der Waals surface area (Å²) in [5.74, 6) is 0. The molecule has 0 aliphatic heterocycles. The Labute approximate surface area is 132 Å². The fraction of sp³-hybridized carbons (Fsp3) is 0.812. The number of fused-ring (bicyclic) bond motifs is 1. The molecule has 120 valence electrons. The molecule has 1 heterocycles. The van der Waals surface area contributed by atoms with Gasteiger partial charge in [0.2, 0.25) is 0 Å². The second kappa shape index (κ2) is 7.18. The second-order valence-corrected chi connectivity index (χ2v) is 8.13. The van der Waals surface area contributed by atoms with Crippen LogP contribution in [0.2, 0.25) is 0 Å². The van der Waals surface area contributed by atoms with Crippen molar-refractivity contribution in [1.82, 2.24) is 9.88 Å². The summed E-state index contributed by atoms with van der Waals surface area (Å²) in [5.41, 5.74) is 1.11. The van der Waals surface area contributed by atoms with Gasteiger partial charge in [-0.3, -0.25) is 4.90 Å². The maximum absolute atomic E-state index is 10.0. The lowest BCUT2D eigenvalue weighted by molar-refractivity contribution is -0.0550. The zero-order chi connectivity index (χ0) is 15.5. The van der Waals surface area contributed by atoms with Gasteiger partial charge in [0.25, 0.3) is 0 Å². The zero-order valence-electron chi connectivity index (χ0n) is 13.7. The largest absolute Gasteiger partial charge is 0.389 e. The highest BCUT2D eigenvalue weighted by Gasteiger charge is 2.18. The van der Waals surface area contributed by atoms with Crippen molar-refractivity contribution in [2.24, 2.45) is 0 Å². The summed E-state index contributed by atoms with van der Waals surface area (Å²) in [6, 6.07) is 0. The number of aromatic nitrogens is 1. The lowest BCUT2D eigenvalue weighted by atomic mass is 10.0. The molecule has 0 amide bonds. The van der Waals surface area contributed by atoms with E-state index in [1.165, 1.54) is 34.8 Å². The number of ether oxygens (including phenoxy) is 1. The summed E-state index contributed by atoms with van der Waals surface area (Å²) >= 11 is 1.84. The van der Waals surface area contributed by atoms with Crippen LogP contribution in [0.5, 0.6) is 0 Å². The van der Waals surface area contributed by atoms with Crippen LogP contribution >= 0.6 is 11.3 Å². The number of hydrogen-bond acceptors (Lipinski definition) is 5. The van der Waals surface area contributed by atoms with Crippen LogP contribution in [0.25, 0.3) is 0 Å². The van der Waals surface area contributed by atoms with Crippen LogP contribution in [0.1, 0.15) is 49.2 Å². The Bertz CT molecular complexity index is 430. The zero-order valence-corrected chi connectivity index (χ0v) is 14.5. The third kappa shape index (κ3) is 5.66. The molecule has 21 heavy (non-hydrogen) atoms. The molecule has 1 unspecified atom stereocenters. The standard InChI is InChI=1S/C16H28N2O2S/c1-16(2,3)20-11-12(19)9-18(4)10-15-17-13-7-5-6-8-14(13)21-15/h12,19H,5-11H2,1-4H3. The van der Waals surface area contributed by atoms with Gasteiger partial charge in [-0.1, -0.05) is 0 Å². The van der Waals surface area contributed by atoms with Gasteiger partial charge in [-0.05, 0) is 53.5 Å². The molecule has 1 aromatic rings. The summed E-state index contributed by atoms with van der Waals surface area (Å²) < 4.78 is 5.62. The SMILES string of the molecule is CN(Cc1nc2c(s1)CCCC2)CC(O)COC(C)(C)C. The van der Waals surface area contributed by atoms with E-state index in [0.717, 1.165) is 13.0 Å². The molecule has 0 bridgehead atoms. The van der Waals surface area contributed by atoms with Crippen LogP contribution in [0.15, 0.2) is 0 Å². The van der Waals surface area contributed by atoms with Gasteiger partial charge in [-0.2, -0.15) is 0 Å². The molecule has 1 N–H and O–H groups in total. The van der Waals surface area contributed by atoms with E-state index in [-0.39, 0.29) is 5.60 Å². The minimum atomic E-state index is -0.455. The monoisotopic (exact) mass is 312 g/mol. The van der Waals surface area contributed by atoms with E-state index < -0.39 is 6.10 Å². The predicted molar refractivity (Wildman–Crippen MR) is 86.8 cm³/mol. The molecule has 4 nitrogen and oxygen atoms in total. The number of rotatable bonds is 6. The number of aliphatic hydroxyl groups excluding tert-OH is 1. The molecule has 0 saturated carbocycles. The van der Waals surface area contributed by atoms with Gasteiger partial charge in [0.05, 0.1) is 30.6 Å². The molecular weight excluding hydrogens is 284 g/mol. The van der Waals surface area contributed by atoms with Crippen molar-refractivity contribution in [2.75, 3.05) is 20.2 Å². The van der Waals surface area contributed by atoms with E-state index in [2.05, 4.69) is 4.90 Å². The molecule has 0 spiro atoms. The van der Waals surface area contributed by atoms with E-state index >= 15 is 0 Å². The van der Waals surface area contributed by atoms with Crippen molar-refractivity contribution in [3.63, 3.8) is 0 Å². The topological polar surface area (TPSA) is 45.6 Å². The van der Waals surface area contributed by atoms with Crippen LogP contribution in [-0.2, 0) is 24.1 Å². The maximum Gasteiger partial charge on any atom is 0.107 e. The molecule has 0 fully saturated rings. The quantitative estimate of drug-likeness (QED) is 0.877. The molecule has 5 heteroatoms. The first-order chi connectivity index (χ1) is 9.83. The fourth-order valence-electron chi connectivity index (χ4n) is 2.53. The van der Waals surface area contributed by atoms with Crippen molar-refractivity contribution in [3.05, 3.63) is 15.6 Å². The van der Waals surface area contributed by atoms with E-state index in [4.69, 9.17) is 9.72 Å². The first-order valence-corrected chi connectivity index (χ1v) is 8.63. The molecule has 1 atom stereocenters. The summed E-state index contributed by atoms with van der Waals surface area (Å²) in [6.07, 6.45) is 4.45. The lowest BCUT2D eigenvalue weighted by Gasteiger charge is -2.24. The number of thiazole rings is 1. The lowest BCUT2D eigenvalue weighted by Crippen LogP contribution is -2.34. The van der Waals surface area contributed by atoms with E-state index in [1.54, 1.807) is 0 Å². The number of aryl methyl sites for hydroxylation is 2. The Balaban J connectivity index is 1.78. The smallest absolute Gasteiger partial charge is 0.107 e. The van der Waals surface area contributed by atoms with Gasteiger partial charge in [-0.15, -0.1) is 11.3 Å². The Morgan fingerprint density at radius 3 is 2.71 bits per heavy atom. The highest BCUT2D eigenvalue weighted by molar-refractivity contribution is 7.11. The molecule has 0 radical (unpaired) electrons. The first kappa shape index (κ1) is 16.9.